The van der Waals surface area contributed by atoms with Crippen molar-refractivity contribution in [2.75, 3.05) is 43.1 Å². The zero-order chi connectivity index (χ0) is 29.6. The summed E-state index contributed by atoms with van der Waals surface area (Å²) in [5, 5.41) is 3.51. The van der Waals surface area contributed by atoms with Gasteiger partial charge in [0.25, 0.3) is 6.43 Å². The molecule has 3 saturated carbocycles. The van der Waals surface area contributed by atoms with Gasteiger partial charge in [-0.2, -0.15) is 9.97 Å². The smallest absolute Gasteiger partial charge is 0.296 e. The van der Waals surface area contributed by atoms with Gasteiger partial charge in [-0.05, 0) is 92.6 Å². The fraction of sp³-hybridized carbons (Fsp3) is 0.667. The van der Waals surface area contributed by atoms with Crippen LogP contribution < -0.4 is 10.2 Å². The number of nitrogens with zero attached hydrogens (tertiary/aromatic N) is 5. The SMILES string of the molecule is CC1(C2CCCC(CNc3nc(N4CCOCC4)cc(-n4c(C(F)F)nc5ccccc54)n3)CC2)CC12CCC(F)CC2. The van der Waals surface area contributed by atoms with Crippen LogP contribution >= 0.6 is 0 Å². The number of morpholine rings is 1. The number of nitrogens with one attached hydrogen (secondary N) is 1. The van der Waals surface area contributed by atoms with Crippen LogP contribution in [-0.4, -0.2) is 58.5 Å². The summed E-state index contributed by atoms with van der Waals surface area (Å²) in [4.78, 5) is 16.0. The van der Waals surface area contributed by atoms with Crippen LogP contribution in [0.3, 0.4) is 0 Å². The third-order valence-electron chi connectivity index (χ3n) is 11.2. The van der Waals surface area contributed by atoms with E-state index >= 15 is 0 Å². The minimum Gasteiger partial charge on any atom is -0.378 e. The number of imidazole rings is 1. The van der Waals surface area contributed by atoms with Crippen LogP contribution in [0.25, 0.3) is 16.9 Å². The molecule has 4 aliphatic rings. The predicted octanol–water partition coefficient (Wildman–Crippen LogP) is 7.51. The third-order valence-corrected chi connectivity index (χ3v) is 11.2. The number of alkyl halides is 3. The number of hydrogen-bond acceptors (Lipinski definition) is 6. The molecule has 1 aromatic carbocycles. The molecule has 1 N–H and O–H groups in total. The lowest BCUT2D eigenvalue weighted by atomic mass is 9.72. The van der Waals surface area contributed by atoms with Crippen molar-refractivity contribution in [1.29, 1.82) is 0 Å². The molecule has 2 aromatic heterocycles. The van der Waals surface area contributed by atoms with Crippen molar-refractivity contribution in [3.63, 3.8) is 0 Å². The molecule has 3 heterocycles. The number of halogens is 3. The molecule has 4 fully saturated rings. The van der Waals surface area contributed by atoms with E-state index in [0.717, 1.165) is 45.1 Å². The Morgan fingerprint density at radius 3 is 2.53 bits per heavy atom. The van der Waals surface area contributed by atoms with Gasteiger partial charge in [-0.1, -0.05) is 25.5 Å². The minimum absolute atomic E-state index is 0.320. The first-order chi connectivity index (χ1) is 20.8. The van der Waals surface area contributed by atoms with E-state index in [1.54, 1.807) is 24.3 Å². The van der Waals surface area contributed by atoms with Crippen molar-refractivity contribution in [1.82, 2.24) is 19.5 Å². The van der Waals surface area contributed by atoms with E-state index < -0.39 is 12.6 Å². The molecule has 1 aliphatic heterocycles. The molecule has 7 nitrogen and oxygen atoms in total. The summed E-state index contributed by atoms with van der Waals surface area (Å²) < 4.78 is 49.3. The molecule has 3 aromatic rings. The Balaban J connectivity index is 1.10. The lowest BCUT2D eigenvalue weighted by Crippen LogP contribution is -2.37. The average molecular weight is 597 g/mol. The fourth-order valence-electron chi connectivity index (χ4n) is 8.58. The molecule has 232 valence electrons. The van der Waals surface area contributed by atoms with Crippen molar-refractivity contribution >= 4 is 22.8 Å². The average Bonchev–Trinajstić information content (AvgIpc) is 3.53. The number of fused-ring (bicyclic) bond motifs is 1. The number of benzene rings is 1. The highest BCUT2D eigenvalue weighted by atomic mass is 19.3. The molecule has 3 aliphatic carbocycles. The van der Waals surface area contributed by atoms with Gasteiger partial charge in [-0.3, -0.25) is 4.57 Å². The van der Waals surface area contributed by atoms with E-state index in [9.17, 15) is 13.2 Å². The topological polar surface area (TPSA) is 68.1 Å². The molecule has 10 heteroatoms. The standard InChI is InChI=1S/C33H43F3N6O/c1-32(21-33(32)13-11-24(34)12-14-33)23-6-4-5-22(9-10-23)20-37-31-39-27(41-15-17-43-18-16-41)19-28(40-31)42-26-8-3-2-7-25(26)38-30(42)29(35)36/h2-3,7-8,19,22-24,29H,4-6,9-18,20-21H2,1H3,(H,37,39,40). The van der Waals surface area contributed by atoms with E-state index in [-0.39, 0.29) is 5.82 Å². The number of anilines is 2. The largest absolute Gasteiger partial charge is 0.378 e. The predicted molar refractivity (Wildman–Crippen MR) is 162 cm³/mol. The summed E-state index contributed by atoms with van der Waals surface area (Å²) in [5.41, 5.74) is 1.86. The van der Waals surface area contributed by atoms with Gasteiger partial charge in [-0.25, -0.2) is 18.2 Å². The summed E-state index contributed by atoms with van der Waals surface area (Å²) in [7, 11) is 0. The number of rotatable bonds is 7. The molecule has 1 saturated heterocycles. The molecule has 0 amide bonds. The third kappa shape index (κ3) is 5.49. The summed E-state index contributed by atoms with van der Waals surface area (Å²) >= 11 is 0. The Bertz CT molecular complexity index is 1430. The van der Waals surface area contributed by atoms with E-state index in [1.807, 2.05) is 6.07 Å². The van der Waals surface area contributed by atoms with Gasteiger partial charge in [0.05, 0.1) is 24.2 Å². The van der Waals surface area contributed by atoms with Crippen LogP contribution in [0.1, 0.15) is 83.4 Å². The van der Waals surface area contributed by atoms with Crippen LogP contribution in [0.4, 0.5) is 24.9 Å². The molecular weight excluding hydrogens is 553 g/mol. The Morgan fingerprint density at radius 1 is 0.977 bits per heavy atom. The number of hydrogen-bond donors (Lipinski definition) is 1. The van der Waals surface area contributed by atoms with Crippen LogP contribution in [0.5, 0.6) is 0 Å². The molecule has 7 rings (SSSR count). The monoisotopic (exact) mass is 596 g/mol. The van der Waals surface area contributed by atoms with Crippen LogP contribution in [0.2, 0.25) is 0 Å². The highest BCUT2D eigenvalue weighted by Gasteiger charge is 2.66. The van der Waals surface area contributed by atoms with Crippen LogP contribution in [-0.2, 0) is 4.74 Å². The maximum atomic E-state index is 14.2. The molecular formula is C33H43F3N6O. The lowest BCUT2D eigenvalue weighted by Gasteiger charge is -2.33. The van der Waals surface area contributed by atoms with Crippen molar-refractivity contribution < 1.29 is 17.9 Å². The van der Waals surface area contributed by atoms with Gasteiger partial charge in [0, 0.05) is 25.7 Å². The first kappa shape index (κ1) is 28.9. The Hall–Kier alpha value is -2.88. The second-order valence-corrected chi connectivity index (χ2v) is 13.6. The Labute approximate surface area is 251 Å². The van der Waals surface area contributed by atoms with Crippen molar-refractivity contribution in [3.05, 3.63) is 36.2 Å². The quantitative estimate of drug-likeness (QED) is 0.285. The second kappa shape index (κ2) is 11.6. The lowest BCUT2D eigenvalue weighted by molar-refractivity contribution is 0.122. The summed E-state index contributed by atoms with van der Waals surface area (Å²) in [6.07, 6.45) is 7.50. The molecule has 3 unspecified atom stereocenters. The first-order valence-corrected chi connectivity index (χ1v) is 16.2. The number of para-hydroxylation sites is 2. The van der Waals surface area contributed by atoms with Crippen molar-refractivity contribution in [2.24, 2.45) is 22.7 Å². The van der Waals surface area contributed by atoms with E-state index in [4.69, 9.17) is 14.7 Å². The zero-order valence-electron chi connectivity index (χ0n) is 25.1. The van der Waals surface area contributed by atoms with E-state index in [1.165, 1.54) is 30.3 Å². The fourth-order valence-corrected chi connectivity index (χ4v) is 8.58. The van der Waals surface area contributed by atoms with E-state index in [0.29, 0.717) is 77.6 Å². The normalized spacial score (nSPS) is 31.5. The van der Waals surface area contributed by atoms with Gasteiger partial charge in [-0.15, -0.1) is 0 Å². The minimum atomic E-state index is -2.75. The van der Waals surface area contributed by atoms with Gasteiger partial charge in [0.15, 0.2) is 5.82 Å². The molecule has 43 heavy (non-hydrogen) atoms. The van der Waals surface area contributed by atoms with Gasteiger partial charge >= 0.3 is 0 Å². The summed E-state index contributed by atoms with van der Waals surface area (Å²) in [6.45, 7) is 5.77. The molecule has 1 spiro atoms. The van der Waals surface area contributed by atoms with Gasteiger partial charge in [0.1, 0.15) is 17.8 Å². The van der Waals surface area contributed by atoms with Gasteiger partial charge in [0.2, 0.25) is 5.95 Å². The molecule has 0 radical (unpaired) electrons. The van der Waals surface area contributed by atoms with E-state index in [2.05, 4.69) is 22.1 Å². The maximum Gasteiger partial charge on any atom is 0.296 e. The Kier molecular flexibility index (Phi) is 7.76. The first-order valence-electron chi connectivity index (χ1n) is 16.2. The highest BCUT2D eigenvalue weighted by molar-refractivity contribution is 5.78. The summed E-state index contributed by atoms with van der Waals surface area (Å²) in [5.74, 6) is 2.43. The zero-order valence-corrected chi connectivity index (χ0v) is 25.1. The molecule has 3 atom stereocenters. The van der Waals surface area contributed by atoms with Crippen LogP contribution in [0, 0.1) is 22.7 Å². The van der Waals surface area contributed by atoms with Crippen molar-refractivity contribution in [3.8, 4) is 5.82 Å². The number of ether oxygens (including phenoxy) is 1. The highest BCUT2D eigenvalue weighted by Crippen LogP contribution is 2.75. The maximum absolute atomic E-state index is 14.2. The van der Waals surface area contributed by atoms with Gasteiger partial charge < -0.3 is 15.0 Å². The summed E-state index contributed by atoms with van der Waals surface area (Å²) in [6, 6.07) is 8.96. The van der Waals surface area contributed by atoms with Crippen LogP contribution in [0.15, 0.2) is 30.3 Å². The Morgan fingerprint density at radius 2 is 1.74 bits per heavy atom. The number of aromatic nitrogens is 4. The second-order valence-electron chi connectivity index (χ2n) is 13.6. The van der Waals surface area contributed by atoms with Crippen molar-refractivity contribution in [2.45, 2.75) is 83.7 Å². The molecule has 0 bridgehead atoms.